The number of benzene rings is 1. The lowest BCUT2D eigenvalue weighted by Gasteiger charge is -2.16. The molecule has 0 saturated heterocycles. The van der Waals surface area contributed by atoms with Gasteiger partial charge in [-0.25, -0.2) is 19.3 Å². The minimum absolute atomic E-state index is 0.0127. The van der Waals surface area contributed by atoms with Gasteiger partial charge >= 0.3 is 0 Å². The average Bonchev–Trinajstić information content (AvgIpc) is 2.75. The monoisotopic (exact) mass is 407 g/mol. The van der Waals surface area contributed by atoms with E-state index in [4.69, 9.17) is 17.3 Å². The minimum atomic E-state index is -0.516. The summed E-state index contributed by atoms with van der Waals surface area (Å²) >= 11 is 5.99. The molecule has 1 aromatic carbocycles. The summed E-state index contributed by atoms with van der Waals surface area (Å²) in [5.41, 5.74) is 9.39. The van der Waals surface area contributed by atoms with Gasteiger partial charge in [0, 0.05) is 42.5 Å². The second-order valence-corrected chi connectivity index (χ2v) is 6.53. The topological polar surface area (TPSA) is 102 Å². The Balaban J connectivity index is 1.86. The Bertz CT molecular complexity index is 1140. The fourth-order valence-electron chi connectivity index (χ4n) is 2.85. The molecular weight excluding hydrogens is 393 g/mol. The molecule has 0 aliphatic heterocycles. The maximum Gasteiger partial charge on any atom is 0.222 e. The van der Waals surface area contributed by atoms with Crippen LogP contribution in [0.5, 0.6) is 0 Å². The number of nitrogens with zero attached hydrogens (tertiary/aromatic N) is 5. The molecular formula is C20H15ClFN7. The van der Waals surface area contributed by atoms with Gasteiger partial charge in [0.15, 0.2) is 0 Å². The number of hydrogen-bond acceptors (Lipinski definition) is 7. The first kappa shape index (κ1) is 18.7. The molecule has 0 aliphatic rings. The van der Waals surface area contributed by atoms with Crippen LogP contribution in [0, 0.1) is 5.82 Å². The van der Waals surface area contributed by atoms with Crippen molar-refractivity contribution in [3.05, 3.63) is 77.8 Å². The third-order valence-corrected chi connectivity index (χ3v) is 4.47. The number of anilines is 2. The summed E-state index contributed by atoms with van der Waals surface area (Å²) in [5.74, 6) is 0.0518. The van der Waals surface area contributed by atoms with Gasteiger partial charge in [-0.3, -0.25) is 4.98 Å². The van der Waals surface area contributed by atoms with Crippen LogP contribution in [0.1, 0.15) is 5.56 Å². The molecule has 4 rings (SSSR count). The van der Waals surface area contributed by atoms with Crippen molar-refractivity contribution in [1.29, 1.82) is 0 Å². The zero-order valence-corrected chi connectivity index (χ0v) is 15.8. The van der Waals surface area contributed by atoms with E-state index in [0.29, 0.717) is 34.7 Å². The number of aromatic nitrogens is 5. The number of halogens is 2. The number of nitrogen functional groups attached to an aromatic ring is 1. The predicted octanol–water partition coefficient (Wildman–Crippen LogP) is 3.98. The van der Waals surface area contributed by atoms with Crippen LogP contribution in [0.3, 0.4) is 0 Å². The van der Waals surface area contributed by atoms with E-state index in [0.717, 1.165) is 5.56 Å². The molecule has 0 spiro atoms. The maximum absolute atomic E-state index is 13.7. The van der Waals surface area contributed by atoms with Crippen LogP contribution in [-0.4, -0.2) is 24.9 Å². The van der Waals surface area contributed by atoms with Gasteiger partial charge < -0.3 is 11.1 Å². The van der Waals surface area contributed by atoms with Crippen LogP contribution in [0.2, 0.25) is 5.02 Å². The summed E-state index contributed by atoms with van der Waals surface area (Å²) in [6.07, 6.45) is 8.15. The van der Waals surface area contributed by atoms with Crippen molar-refractivity contribution in [1.82, 2.24) is 24.9 Å². The van der Waals surface area contributed by atoms with Crippen molar-refractivity contribution in [3.8, 4) is 22.4 Å². The summed E-state index contributed by atoms with van der Waals surface area (Å²) < 4.78 is 13.7. The number of nitrogens with two attached hydrogens (primary N) is 1. The van der Waals surface area contributed by atoms with Gasteiger partial charge in [-0.05, 0) is 35.9 Å². The van der Waals surface area contributed by atoms with E-state index in [1.54, 1.807) is 30.9 Å². The molecule has 0 bridgehead atoms. The minimum Gasteiger partial charge on any atom is -0.368 e. The van der Waals surface area contributed by atoms with E-state index in [1.807, 2.05) is 12.1 Å². The summed E-state index contributed by atoms with van der Waals surface area (Å²) in [6.45, 7) is 0.489. The molecule has 0 aliphatic carbocycles. The predicted molar refractivity (Wildman–Crippen MR) is 109 cm³/mol. The van der Waals surface area contributed by atoms with Crippen LogP contribution in [-0.2, 0) is 6.54 Å². The first-order chi connectivity index (χ1) is 14.1. The molecule has 3 aromatic heterocycles. The highest BCUT2D eigenvalue weighted by Gasteiger charge is 2.18. The maximum atomic E-state index is 13.7. The van der Waals surface area contributed by atoms with Gasteiger partial charge in [0.05, 0.1) is 16.3 Å². The van der Waals surface area contributed by atoms with Crippen LogP contribution >= 0.6 is 11.6 Å². The number of pyridine rings is 1. The van der Waals surface area contributed by atoms with Crippen molar-refractivity contribution in [2.24, 2.45) is 0 Å². The van der Waals surface area contributed by atoms with Crippen molar-refractivity contribution >= 4 is 23.4 Å². The Hall–Kier alpha value is -3.65. The molecule has 3 heterocycles. The number of rotatable bonds is 5. The standard InChI is InChI=1S/C20H15ClFN7/c21-15-7-13(1-2-16(15)22)18-17(14-9-25-11-26-10-14)19(29-20(23)28-18)27-8-12-3-5-24-6-4-12/h1-7,9-11H,8H2,(H3,23,27,28,29). The number of hydrogen-bond donors (Lipinski definition) is 2. The SMILES string of the molecule is Nc1nc(NCc2ccncc2)c(-c2cncnc2)c(-c2ccc(F)c(Cl)c2)n1. The van der Waals surface area contributed by atoms with Gasteiger partial charge in [-0.2, -0.15) is 4.98 Å². The smallest absolute Gasteiger partial charge is 0.222 e. The third kappa shape index (κ3) is 4.12. The molecule has 3 N–H and O–H groups in total. The highest BCUT2D eigenvalue weighted by atomic mass is 35.5. The first-order valence-electron chi connectivity index (χ1n) is 8.63. The summed E-state index contributed by atoms with van der Waals surface area (Å²) in [6, 6.07) is 8.15. The fourth-order valence-corrected chi connectivity index (χ4v) is 3.03. The second-order valence-electron chi connectivity index (χ2n) is 6.12. The third-order valence-electron chi connectivity index (χ3n) is 4.18. The van der Waals surface area contributed by atoms with E-state index in [1.165, 1.54) is 18.5 Å². The highest BCUT2D eigenvalue weighted by molar-refractivity contribution is 6.31. The van der Waals surface area contributed by atoms with Crippen LogP contribution in [0.4, 0.5) is 16.2 Å². The number of nitrogens with one attached hydrogen (secondary N) is 1. The van der Waals surface area contributed by atoms with E-state index in [2.05, 4.69) is 30.2 Å². The molecule has 0 radical (unpaired) electrons. The highest BCUT2D eigenvalue weighted by Crippen LogP contribution is 2.37. The van der Waals surface area contributed by atoms with Crippen molar-refractivity contribution in [2.75, 3.05) is 11.1 Å². The lowest BCUT2D eigenvalue weighted by molar-refractivity contribution is 0.628. The summed E-state index contributed by atoms with van der Waals surface area (Å²) in [4.78, 5) is 20.9. The zero-order chi connectivity index (χ0) is 20.2. The average molecular weight is 408 g/mol. The van der Waals surface area contributed by atoms with Crippen LogP contribution < -0.4 is 11.1 Å². The van der Waals surface area contributed by atoms with Gasteiger partial charge in [-0.1, -0.05) is 11.6 Å². The molecule has 9 heteroatoms. The normalized spacial score (nSPS) is 10.7. The Morgan fingerprint density at radius 3 is 2.45 bits per heavy atom. The molecule has 4 aromatic rings. The lowest BCUT2D eigenvalue weighted by Crippen LogP contribution is -2.08. The van der Waals surface area contributed by atoms with Crippen LogP contribution in [0.25, 0.3) is 22.4 Å². The summed E-state index contributed by atoms with van der Waals surface area (Å²) in [5, 5.41) is 3.27. The molecule has 7 nitrogen and oxygen atoms in total. The van der Waals surface area contributed by atoms with Crippen LogP contribution in [0.15, 0.2) is 61.4 Å². The second kappa shape index (κ2) is 8.15. The Kier molecular flexibility index (Phi) is 5.26. The Labute approximate surface area is 170 Å². The quantitative estimate of drug-likeness (QED) is 0.515. The lowest BCUT2D eigenvalue weighted by atomic mass is 10.0. The van der Waals surface area contributed by atoms with Crippen molar-refractivity contribution in [3.63, 3.8) is 0 Å². The molecule has 0 atom stereocenters. The zero-order valence-electron chi connectivity index (χ0n) is 15.0. The van der Waals surface area contributed by atoms with E-state index >= 15 is 0 Å². The van der Waals surface area contributed by atoms with Gasteiger partial charge in [0.1, 0.15) is 18.0 Å². The summed E-state index contributed by atoms with van der Waals surface area (Å²) in [7, 11) is 0. The van der Waals surface area contributed by atoms with Crippen molar-refractivity contribution < 1.29 is 4.39 Å². The van der Waals surface area contributed by atoms with Crippen molar-refractivity contribution in [2.45, 2.75) is 6.54 Å². The Morgan fingerprint density at radius 2 is 1.72 bits per heavy atom. The van der Waals surface area contributed by atoms with E-state index < -0.39 is 5.82 Å². The fraction of sp³-hybridized carbons (Fsp3) is 0.0500. The molecule has 0 amide bonds. The first-order valence-corrected chi connectivity index (χ1v) is 9.00. The van der Waals surface area contributed by atoms with E-state index in [-0.39, 0.29) is 11.0 Å². The molecule has 0 fully saturated rings. The van der Waals surface area contributed by atoms with Gasteiger partial charge in [0.25, 0.3) is 0 Å². The molecule has 0 saturated carbocycles. The largest absolute Gasteiger partial charge is 0.368 e. The molecule has 29 heavy (non-hydrogen) atoms. The van der Waals surface area contributed by atoms with Gasteiger partial charge in [0.2, 0.25) is 5.95 Å². The molecule has 144 valence electrons. The van der Waals surface area contributed by atoms with Gasteiger partial charge in [-0.15, -0.1) is 0 Å². The Morgan fingerprint density at radius 1 is 0.966 bits per heavy atom. The molecule has 0 unspecified atom stereocenters. The van der Waals surface area contributed by atoms with E-state index in [9.17, 15) is 4.39 Å².